The van der Waals surface area contributed by atoms with Crippen molar-refractivity contribution in [3.63, 3.8) is 0 Å². The lowest BCUT2D eigenvalue weighted by molar-refractivity contribution is -0.142. The van der Waals surface area contributed by atoms with Crippen LogP contribution in [0.25, 0.3) is 43.8 Å². The summed E-state index contributed by atoms with van der Waals surface area (Å²) < 4.78 is 116. The molecule has 0 amide bonds. The molecule has 110 heavy (non-hydrogen) atoms. The van der Waals surface area contributed by atoms with Crippen LogP contribution in [0.1, 0.15) is 133 Å². The number of para-hydroxylation sites is 1. The second-order valence-electron chi connectivity index (χ2n) is 27.4. The van der Waals surface area contributed by atoms with Crippen LogP contribution in [0.5, 0.6) is 11.6 Å². The number of nitrogens with two attached hydrogens (primary N) is 3. The fourth-order valence-electron chi connectivity index (χ4n) is 14.3. The lowest BCUT2D eigenvalue weighted by Crippen LogP contribution is -2.48. The molecule has 2 saturated heterocycles. The lowest BCUT2D eigenvalue weighted by Gasteiger charge is -2.42. The molecule has 21 nitrogen and oxygen atoms in total. The number of pyridine rings is 3. The van der Waals surface area contributed by atoms with Gasteiger partial charge in [0.05, 0.1) is 65.7 Å². The summed E-state index contributed by atoms with van der Waals surface area (Å²) in [6.45, 7) is 20.2. The van der Waals surface area contributed by atoms with Crippen LogP contribution in [0.15, 0.2) is 158 Å². The summed E-state index contributed by atoms with van der Waals surface area (Å²) in [5, 5.41) is 38.3. The molecule has 3 aliphatic rings. The zero-order valence-corrected chi connectivity index (χ0v) is 64.6. The van der Waals surface area contributed by atoms with E-state index in [1.54, 1.807) is 6.20 Å². The Morgan fingerprint density at radius 2 is 1.46 bits per heavy atom. The number of alkyl halides is 6. The smallest absolute Gasteiger partial charge is 0.433 e. The Morgan fingerprint density at radius 3 is 2.09 bits per heavy atom. The summed E-state index contributed by atoms with van der Waals surface area (Å²) in [6, 6.07) is 33.0. The van der Waals surface area contributed by atoms with Gasteiger partial charge in [-0.2, -0.15) is 36.3 Å². The first-order valence-electron chi connectivity index (χ1n) is 36.2. The van der Waals surface area contributed by atoms with Crippen molar-refractivity contribution >= 4 is 94.9 Å². The zero-order valence-electron chi connectivity index (χ0n) is 62.3. The maximum Gasteiger partial charge on any atom is 0.433 e. The Kier molecular flexibility index (Phi) is 29.0. The monoisotopic (exact) mass is 1580 g/mol. The van der Waals surface area contributed by atoms with Crippen molar-refractivity contribution in [2.24, 2.45) is 17.8 Å². The third kappa shape index (κ3) is 20.8. The molecule has 3 fully saturated rings. The summed E-state index contributed by atoms with van der Waals surface area (Å²) in [5.41, 5.74) is 21.0. The van der Waals surface area contributed by atoms with E-state index < -0.39 is 51.4 Å². The minimum Gasteiger partial charge on any atom is -0.489 e. The van der Waals surface area contributed by atoms with Gasteiger partial charge in [-0.05, 0) is 203 Å². The molecule has 30 heteroatoms. The van der Waals surface area contributed by atoms with Gasteiger partial charge in [0.1, 0.15) is 17.8 Å². The number of nitrogens with zero attached hydrogens (tertiary/aromatic N) is 9. The van der Waals surface area contributed by atoms with Gasteiger partial charge in [0.15, 0.2) is 5.82 Å². The molecule has 2 aliphatic heterocycles. The number of aliphatic hydroxyl groups is 3. The van der Waals surface area contributed by atoms with E-state index in [1.165, 1.54) is 63.8 Å². The molecule has 5 aromatic heterocycles. The van der Waals surface area contributed by atoms with Crippen molar-refractivity contribution in [3.05, 3.63) is 196 Å². The molecule has 1 aliphatic carbocycles. The fourth-order valence-corrected chi connectivity index (χ4v) is 15.6. The summed E-state index contributed by atoms with van der Waals surface area (Å²) in [6.07, 6.45) is 3.26. The van der Waals surface area contributed by atoms with E-state index in [-0.39, 0.29) is 58.7 Å². The van der Waals surface area contributed by atoms with Gasteiger partial charge in [-0.1, -0.05) is 99.6 Å². The molecular formula is C80H96Cl2F6N14O7S. The third-order valence-corrected chi connectivity index (χ3v) is 22.0. The molecule has 590 valence electrons. The van der Waals surface area contributed by atoms with Crippen LogP contribution in [-0.4, -0.2) is 127 Å². The maximum atomic E-state index is 13.2. The van der Waals surface area contributed by atoms with Crippen LogP contribution in [-0.2, 0) is 35.4 Å². The number of nitrogen functional groups attached to an aromatic ring is 3. The molecule has 2 unspecified atom stereocenters. The number of methoxy groups -OCH3 is 2. The van der Waals surface area contributed by atoms with Crippen LogP contribution < -0.4 is 36.7 Å². The molecule has 10 aromatic rings. The average Bonchev–Trinajstić information content (AvgIpc) is 1.62. The minimum atomic E-state index is -4.91. The molecule has 1 saturated carbocycles. The lowest BCUT2D eigenvalue weighted by atomic mass is 9.77. The number of ether oxygens (including phenoxy) is 2. The number of benzene rings is 5. The van der Waals surface area contributed by atoms with Crippen LogP contribution in [0, 0.1) is 17.8 Å². The first-order chi connectivity index (χ1) is 52.4. The van der Waals surface area contributed by atoms with Crippen LogP contribution in [0.4, 0.5) is 55.3 Å². The standard InChI is InChI=1S/C20H24N2O2.C18H26ClN3.C18H17F6NO.C12H13ClN4.C12H14N4O4S.H2/c1-3-14-10-22-11-15(14)9-20(22,2)19(24)16-6-7-21-18-5-4-13(12-23)8-17(16)18;1-4-22(5-2)12-6-7-14(3)21-17-10-11-20-18-13-15(19)8-9-16(17)18;19-17(20,21)13-8-4-7-11-12(16(26)10-5-2-1-3-6-10)9-14(18(22,23)24)25-15(11)13;1-2-9-10(11(14)17-12(15)16-9)7-3-5-8(13)6-4-7;1-19-10-11(14-7-15-12(10)20-2)16-21(17,18)9-5-3-8(13)4-6-9;/h3-8,14-15,19,23-24H,1,9-12H2,2H3;8-11,13-14H,4-7,12H2,1-3H3,(H,20,21);4,7-10,16,26H,1-3,5-6H2;3-6H,2H2,1H3,(H4,14,15,16,17);3-7H,13H2,1-2H3,(H,14,15,16);1H/t14-,15+,19+,20-;;16-;;;/m0.0.../s1. The predicted octanol–water partition coefficient (Wildman–Crippen LogP) is 17.0. The summed E-state index contributed by atoms with van der Waals surface area (Å²) >= 11 is 11.9. The highest BCUT2D eigenvalue weighted by Gasteiger charge is 2.54. The molecular weight excluding hydrogens is 1490 g/mol. The van der Waals surface area contributed by atoms with Crippen LogP contribution in [0.3, 0.4) is 0 Å². The highest BCUT2D eigenvalue weighted by Crippen LogP contribution is 2.51. The third-order valence-electron chi connectivity index (χ3n) is 20.2. The first-order valence-corrected chi connectivity index (χ1v) is 38.4. The van der Waals surface area contributed by atoms with E-state index in [2.05, 4.69) is 95.1 Å². The van der Waals surface area contributed by atoms with Gasteiger partial charge < -0.3 is 52.2 Å². The number of piperidine rings is 1. The number of hydrogen-bond acceptors (Lipinski definition) is 20. The SMILES string of the molecule is C=C[C@H]1CN2C[C@H]1C[C@@]2(C)[C@H](O)c1ccnc2ccc(CO)cc12.CCN(CC)CCCC(C)Nc1ccnc2cc(Cl)ccc12.CCc1nc(N)nc(N)c1-c1ccc(Cl)cc1.COc1ncnc(NS(=O)(=O)c2ccc(N)cc2)c1OC.O[C@H](c1cc(C(F)(F)F)nc2c(C(F)(F)F)cccc12)C1CCCCC1.[HH]. The van der Waals surface area contributed by atoms with Gasteiger partial charge in [-0.3, -0.25) is 19.6 Å². The second-order valence-corrected chi connectivity index (χ2v) is 30.0. The molecule has 2 bridgehead atoms. The van der Waals surface area contributed by atoms with Crippen molar-refractivity contribution < 1.29 is 61.0 Å². The van der Waals surface area contributed by atoms with Crippen molar-refractivity contribution in [1.82, 2.24) is 44.7 Å². The van der Waals surface area contributed by atoms with Crippen molar-refractivity contribution in [3.8, 4) is 22.8 Å². The fraction of sp³-hybridized carbons (Fsp3) is 0.388. The molecule has 5 aromatic carbocycles. The Hall–Kier alpha value is -9.26. The summed E-state index contributed by atoms with van der Waals surface area (Å²) in [5.74, 6) is 1.67. The minimum absolute atomic E-state index is 0. The number of fused-ring (bicyclic) bond motifs is 5. The van der Waals surface area contributed by atoms with Gasteiger partial charge in [-0.15, -0.1) is 6.58 Å². The first kappa shape index (κ1) is 84.8. The maximum absolute atomic E-state index is 13.2. The number of rotatable bonds is 21. The van der Waals surface area contributed by atoms with E-state index in [0.717, 1.165) is 131 Å². The van der Waals surface area contributed by atoms with E-state index >= 15 is 0 Å². The molecule has 13 rings (SSSR count). The van der Waals surface area contributed by atoms with Gasteiger partial charge >= 0.3 is 12.4 Å². The van der Waals surface area contributed by atoms with E-state index in [9.17, 15) is 50.1 Å². The summed E-state index contributed by atoms with van der Waals surface area (Å²) in [4.78, 5) is 32.9. The molecule has 0 spiro atoms. The van der Waals surface area contributed by atoms with E-state index in [4.69, 9.17) is 49.9 Å². The number of nitrogens with one attached hydrogen (secondary N) is 2. The van der Waals surface area contributed by atoms with Gasteiger partial charge in [0, 0.05) is 81.6 Å². The number of aryl methyl sites for hydroxylation is 1. The van der Waals surface area contributed by atoms with Crippen molar-refractivity contribution in [2.45, 2.75) is 140 Å². The zero-order chi connectivity index (χ0) is 79.8. The average molecular weight is 1580 g/mol. The second kappa shape index (κ2) is 37.6. The molecule has 0 radical (unpaired) electrons. The van der Waals surface area contributed by atoms with E-state index in [1.807, 2.05) is 85.9 Å². The van der Waals surface area contributed by atoms with Crippen molar-refractivity contribution in [1.29, 1.82) is 0 Å². The molecule has 7 heterocycles. The number of halogens is 8. The topological polar surface area (TPSA) is 312 Å². The van der Waals surface area contributed by atoms with Crippen LogP contribution in [0.2, 0.25) is 10.0 Å². The predicted molar refractivity (Wildman–Crippen MR) is 424 cm³/mol. The molecule has 7 atom stereocenters. The van der Waals surface area contributed by atoms with Gasteiger partial charge in [0.2, 0.25) is 11.7 Å². The quantitative estimate of drug-likeness (QED) is 0.0188. The Labute approximate surface area is 648 Å². The number of anilines is 5. The Morgan fingerprint density at radius 1 is 0.773 bits per heavy atom. The highest BCUT2D eigenvalue weighted by molar-refractivity contribution is 7.92. The molecule has 11 N–H and O–H groups in total. The van der Waals surface area contributed by atoms with Gasteiger partial charge in [-0.25, -0.2) is 23.4 Å². The van der Waals surface area contributed by atoms with Gasteiger partial charge in [0.25, 0.3) is 15.9 Å². The number of aromatic nitrogens is 7. The normalized spacial score (nSPS) is 17.8. The number of sulfonamides is 1. The van der Waals surface area contributed by atoms with Crippen LogP contribution >= 0.6 is 23.2 Å². The number of hydrogen-bond donors (Lipinski definition) is 8. The Balaban J connectivity index is 0.000000175. The highest BCUT2D eigenvalue weighted by atomic mass is 35.5. The summed E-state index contributed by atoms with van der Waals surface area (Å²) in [7, 11) is -1.06. The largest absolute Gasteiger partial charge is 0.489 e. The number of aliphatic hydroxyl groups excluding tert-OH is 3. The van der Waals surface area contributed by atoms with Crippen molar-refractivity contribution in [2.75, 3.05) is 74.2 Å². The Bertz CT molecular complexity index is 4880. The van der Waals surface area contributed by atoms with E-state index in [0.29, 0.717) is 59.4 Å².